The highest BCUT2D eigenvalue weighted by molar-refractivity contribution is 7.89. The van der Waals surface area contributed by atoms with E-state index in [4.69, 9.17) is 4.42 Å². The van der Waals surface area contributed by atoms with Crippen LogP contribution in [-0.2, 0) is 10.0 Å². The summed E-state index contributed by atoms with van der Waals surface area (Å²) in [6, 6.07) is 15.3. The van der Waals surface area contributed by atoms with Gasteiger partial charge in [0.2, 0.25) is 5.89 Å². The Bertz CT molecular complexity index is 1090. The van der Waals surface area contributed by atoms with Crippen LogP contribution < -0.4 is 0 Å². The van der Waals surface area contributed by atoms with E-state index in [0.29, 0.717) is 5.56 Å². The number of nitrogens with zero attached hydrogens (tertiary/aromatic N) is 3. The Kier molecular flexibility index (Phi) is 3.36. The molecule has 25 heavy (non-hydrogen) atoms. The molecule has 7 nitrogen and oxygen atoms in total. The molecule has 0 aliphatic carbocycles. The summed E-state index contributed by atoms with van der Waals surface area (Å²) in [5, 5.41) is 18.5. The lowest BCUT2D eigenvalue weighted by Gasteiger charge is -2.27. The topological polar surface area (TPSA) is 96.5 Å². The molecule has 3 aromatic rings. The third-order valence-corrected chi connectivity index (χ3v) is 5.78. The van der Waals surface area contributed by atoms with Gasteiger partial charge in [0.25, 0.3) is 15.9 Å². The summed E-state index contributed by atoms with van der Waals surface area (Å²) in [6.07, 6.45) is 0. The monoisotopic (exact) mass is 355 g/mol. The number of hydrogen-bond acceptors (Lipinski definition) is 6. The summed E-state index contributed by atoms with van der Waals surface area (Å²) < 4.78 is 32.0. The van der Waals surface area contributed by atoms with Crippen LogP contribution in [0.5, 0.6) is 0 Å². The second-order valence-electron chi connectivity index (χ2n) is 5.44. The van der Waals surface area contributed by atoms with Gasteiger partial charge in [-0.25, -0.2) is 8.42 Å². The molecule has 1 aliphatic heterocycles. The lowest BCUT2D eigenvalue weighted by atomic mass is 10.1. The standard InChI is InChI=1S/C17H13N3O4S/c1-20-14(15(21)12-9-5-6-10-13(12)25(20,22)23)17-19-18-16(24-17)11-7-3-2-4-8-11/h2-10,21H,1H3. The number of benzene rings is 2. The van der Waals surface area contributed by atoms with E-state index in [-0.39, 0.29) is 33.7 Å². The summed E-state index contributed by atoms with van der Waals surface area (Å²) in [7, 11) is -2.48. The maximum Gasteiger partial charge on any atom is 0.269 e. The maximum atomic E-state index is 12.7. The molecule has 0 amide bonds. The van der Waals surface area contributed by atoms with Crippen molar-refractivity contribution in [3.63, 3.8) is 0 Å². The molecular weight excluding hydrogens is 342 g/mol. The Morgan fingerprint density at radius 2 is 1.60 bits per heavy atom. The molecule has 1 aromatic heterocycles. The smallest absolute Gasteiger partial charge is 0.269 e. The van der Waals surface area contributed by atoms with Gasteiger partial charge in [0.05, 0.1) is 4.90 Å². The quantitative estimate of drug-likeness (QED) is 0.759. The lowest BCUT2D eigenvalue weighted by Crippen LogP contribution is -2.30. The Morgan fingerprint density at radius 1 is 0.960 bits per heavy atom. The van der Waals surface area contributed by atoms with Crippen molar-refractivity contribution >= 4 is 21.5 Å². The number of fused-ring (bicyclic) bond motifs is 1. The van der Waals surface area contributed by atoms with Gasteiger partial charge in [0, 0.05) is 18.2 Å². The zero-order valence-corrected chi connectivity index (χ0v) is 13.9. The molecule has 0 unspecified atom stereocenters. The summed E-state index contributed by atoms with van der Waals surface area (Å²) in [5.41, 5.74) is 0.853. The molecule has 0 saturated heterocycles. The van der Waals surface area contributed by atoms with Crippen LogP contribution in [0.15, 0.2) is 63.9 Å². The molecule has 2 aromatic carbocycles. The number of rotatable bonds is 2. The molecule has 2 heterocycles. The molecule has 0 spiro atoms. The highest BCUT2D eigenvalue weighted by atomic mass is 32.2. The van der Waals surface area contributed by atoms with E-state index < -0.39 is 10.0 Å². The second-order valence-corrected chi connectivity index (χ2v) is 7.38. The fourth-order valence-electron chi connectivity index (χ4n) is 2.68. The lowest BCUT2D eigenvalue weighted by molar-refractivity contribution is 0.471. The van der Waals surface area contributed by atoms with E-state index in [1.807, 2.05) is 18.2 Å². The van der Waals surface area contributed by atoms with Crippen molar-refractivity contribution in [3.8, 4) is 11.5 Å². The summed E-state index contributed by atoms with van der Waals surface area (Å²) in [5.74, 6) is -0.0614. The maximum absolute atomic E-state index is 12.7. The van der Waals surface area contributed by atoms with Gasteiger partial charge in [-0.15, -0.1) is 10.2 Å². The van der Waals surface area contributed by atoms with Crippen molar-refractivity contribution in [2.75, 3.05) is 7.05 Å². The third-order valence-electron chi connectivity index (χ3n) is 3.97. The first kappa shape index (κ1) is 15.4. The van der Waals surface area contributed by atoms with Crippen LogP contribution >= 0.6 is 0 Å². The average molecular weight is 355 g/mol. The molecule has 0 radical (unpaired) electrons. The van der Waals surface area contributed by atoms with Gasteiger partial charge >= 0.3 is 0 Å². The third kappa shape index (κ3) is 2.30. The van der Waals surface area contributed by atoms with Crippen molar-refractivity contribution in [1.82, 2.24) is 14.5 Å². The molecule has 0 saturated carbocycles. The molecule has 4 rings (SSSR count). The zero-order valence-electron chi connectivity index (χ0n) is 13.1. The highest BCUT2D eigenvalue weighted by Crippen LogP contribution is 2.38. The van der Waals surface area contributed by atoms with Crippen LogP contribution in [0.2, 0.25) is 0 Å². The van der Waals surface area contributed by atoms with Gasteiger partial charge in [-0.05, 0) is 24.3 Å². The van der Waals surface area contributed by atoms with Crippen molar-refractivity contribution in [1.29, 1.82) is 0 Å². The van der Waals surface area contributed by atoms with Gasteiger partial charge in [0.1, 0.15) is 0 Å². The Morgan fingerprint density at radius 3 is 2.36 bits per heavy atom. The van der Waals surface area contributed by atoms with Gasteiger partial charge in [-0.2, -0.15) is 0 Å². The van der Waals surface area contributed by atoms with Crippen LogP contribution in [0, 0.1) is 0 Å². The first-order chi connectivity index (χ1) is 12.0. The summed E-state index contributed by atoms with van der Waals surface area (Å²) in [6.45, 7) is 0. The Balaban J connectivity index is 1.90. The largest absolute Gasteiger partial charge is 0.505 e. The predicted molar refractivity (Wildman–Crippen MR) is 90.6 cm³/mol. The fraction of sp³-hybridized carbons (Fsp3) is 0.0588. The van der Waals surface area contributed by atoms with E-state index in [1.54, 1.807) is 24.3 Å². The number of aromatic nitrogens is 2. The SMILES string of the molecule is CN1C(c2nnc(-c3ccccc3)o2)=C(O)c2ccccc2S1(=O)=O. The second kappa shape index (κ2) is 5.45. The van der Waals surface area contributed by atoms with Crippen molar-refractivity contribution in [2.45, 2.75) is 4.90 Å². The van der Waals surface area contributed by atoms with Crippen LogP contribution in [-0.4, -0.2) is 35.1 Å². The Hall–Kier alpha value is -3.13. The van der Waals surface area contributed by atoms with Gasteiger partial charge < -0.3 is 9.52 Å². The molecular formula is C17H13N3O4S. The van der Waals surface area contributed by atoms with Crippen LogP contribution in [0.4, 0.5) is 0 Å². The van der Waals surface area contributed by atoms with E-state index in [1.165, 1.54) is 19.2 Å². The van der Waals surface area contributed by atoms with E-state index in [2.05, 4.69) is 10.2 Å². The van der Waals surface area contributed by atoms with Crippen molar-refractivity contribution in [2.24, 2.45) is 0 Å². The van der Waals surface area contributed by atoms with E-state index >= 15 is 0 Å². The molecule has 0 bridgehead atoms. The summed E-state index contributed by atoms with van der Waals surface area (Å²) >= 11 is 0. The van der Waals surface area contributed by atoms with Gasteiger partial charge in [0.15, 0.2) is 11.5 Å². The van der Waals surface area contributed by atoms with Crippen LogP contribution in [0.3, 0.4) is 0 Å². The predicted octanol–water partition coefficient (Wildman–Crippen LogP) is 2.75. The van der Waals surface area contributed by atoms with Crippen molar-refractivity contribution in [3.05, 3.63) is 66.1 Å². The molecule has 1 N–H and O–H groups in total. The number of sulfonamides is 1. The minimum absolute atomic E-state index is 0.0292. The average Bonchev–Trinajstić information content (AvgIpc) is 3.11. The normalized spacial score (nSPS) is 16.0. The fourth-order valence-corrected chi connectivity index (χ4v) is 4.08. The highest BCUT2D eigenvalue weighted by Gasteiger charge is 2.37. The zero-order chi connectivity index (χ0) is 17.6. The molecule has 0 fully saturated rings. The van der Waals surface area contributed by atoms with Gasteiger partial charge in [-0.3, -0.25) is 4.31 Å². The molecule has 126 valence electrons. The number of aliphatic hydroxyl groups is 1. The van der Waals surface area contributed by atoms with E-state index in [0.717, 1.165) is 4.31 Å². The first-order valence-corrected chi connectivity index (χ1v) is 8.85. The van der Waals surface area contributed by atoms with Crippen LogP contribution in [0.1, 0.15) is 11.5 Å². The van der Waals surface area contributed by atoms with Crippen LogP contribution in [0.25, 0.3) is 22.9 Å². The Labute approximate surface area is 143 Å². The molecule has 8 heteroatoms. The number of hydrogen-bond donors (Lipinski definition) is 1. The molecule has 0 atom stereocenters. The minimum Gasteiger partial charge on any atom is -0.505 e. The van der Waals surface area contributed by atoms with E-state index in [9.17, 15) is 13.5 Å². The molecule has 1 aliphatic rings. The number of aliphatic hydroxyl groups excluding tert-OH is 1. The van der Waals surface area contributed by atoms with Crippen molar-refractivity contribution < 1.29 is 17.9 Å². The van der Waals surface area contributed by atoms with Gasteiger partial charge in [-0.1, -0.05) is 30.3 Å². The summed E-state index contributed by atoms with van der Waals surface area (Å²) in [4.78, 5) is 0.0292. The minimum atomic E-state index is -3.82. The first-order valence-electron chi connectivity index (χ1n) is 7.41.